The van der Waals surface area contributed by atoms with Crippen molar-refractivity contribution in [1.82, 2.24) is 5.32 Å². The maximum absolute atomic E-state index is 14.0. The lowest BCUT2D eigenvalue weighted by atomic mass is 10.1. The minimum atomic E-state index is -0.202. The first-order valence-corrected chi connectivity index (χ1v) is 7.94. The Bertz CT molecular complexity index is 735. The molecule has 1 atom stereocenters. The van der Waals surface area contributed by atoms with Crippen molar-refractivity contribution < 1.29 is 4.39 Å². The lowest BCUT2D eigenvalue weighted by Gasteiger charge is -2.31. The lowest BCUT2D eigenvalue weighted by Crippen LogP contribution is -2.36. The van der Waals surface area contributed by atoms with E-state index >= 15 is 0 Å². The Morgan fingerprint density at radius 1 is 1.30 bits per heavy atom. The molecule has 0 bridgehead atoms. The Labute approximate surface area is 140 Å². The van der Waals surface area contributed by atoms with E-state index in [-0.39, 0.29) is 11.9 Å². The van der Waals surface area contributed by atoms with Crippen LogP contribution in [-0.2, 0) is 6.54 Å². The van der Waals surface area contributed by atoms with Gasteiger partial charge in [-0.2, -0.15) is 0 Å². The highest BCUT2D eigenvalue weighted by Crippen LogP contribution is 2.32. The SMILES string of the molecule is [C-]#[N+]c1ccc(N(Cc2ccccc2F)[C@H]2CCNC2)cc1Cl. The van der Waals surface area contributed by atoms with Gasteiger partial charge < -0.3 is 10.2 Å². The smallest absolute Gasteiger partial charge is 0.205 e. The van der Waals surface area contributed by atoms with Gasteiger partial charge in [-0.05, 0) is 31.2 Å². The molecule has 3 rings (SSSR count). The standard InChI is InChI=1S/C18H17ClFN3/c1-21-18-7-6-14(10-16(18)19)23(15-8-9-22-11-15)12-13-4-2-3-5-17(13)20/h2-7,10,15,22H,8-9,11-12H2/t15-/m0/s1. The monoisotopic (exact) mass is 329 g/mol. The van der Waals surface area contributed by atoms with Crippen LogP contribution in [-0.4, -0.2) is 19.1 Å². The molecule has 0 aromatic heterocycles. The van der Waals surface area contributed by atoms with Crippen LogP contribution in [0, 0.1) is 12.4 Å². The average Bonchev–Trinajstić information content (AvgIpc) is 3.08. The number of hydrogen-bond acceptors (Lipinski definition) is 2. The van der Waals surface area contributed by atoms with Gasteiger partial charge in [-0.1, -0.05) is 35.9 Å². The molecule has 5 heteroatoms. The summed E-state index contributed by atoms with van der Waals surface area (Å²) in [5, 5.41) is 3.78. The van der Waals surface area contributed by atoms with Gasteiger partial charge in [-0.3, -0.25) is 0 Å². The Kier molecular flexibility index (Phi) is 4.80. The minimum Gasteiger partial charge on any atom is -0.363 e. The maximum atomic E-state index is 14.0. The molecule has 0 aliphatic carbocycles. The Hall–Kier alpha value is -2.09. The summed E-state index contributed by atoms with van der Waals surface area (Å²) in [4.78, 5) is 5.56. The number of halogens is 2. The molecule has 1 heterocycles. The fraction of sp³-hybridized carbons (Fsp3) is 0.278. The summed E-state index contributed by atoms with van der Waals surface area (Å²) in [5.74, 6) is -0.202. The van der Waals surface area contributed by atoms with Gasteiger partial charge in [0.05, 0.1) is 6.57 Å². The molecule has 1 N–H and O–H groups in total. The molecule has 2 aromatic carbocycles. The predicted molar refractivity (Wildman–Crippen MR) is 91.6 cm³/mol. The fourth-order valence-electron chi connectivity index (χ4n) is 2.91. The van der Waals surface area contributed by atoms with Gasteiger partial charge in [0.25, 0.3) is 0 Å². The highest BCUT2D eigenvalue weighted by Gasteiger charge is 2.24. The van der Waals surface area contributed by atoms with Crippen LogP contribution in [0.3, 0.4) is 0 Å². The van der Waals surface area contributed by atoms with Gasteiger partial charge in [0.1, 0.15) is 5.82 Å². The normalized spacial score (nSPS) is 17.0. The molecule has 0 amide bonds. The quantitative estimate of drug-likeness (QED) is 0.839. The van der Waals surface area contributed by atoms with Crippen LogP contribution in [0.25, 0.3) is 4.85 Å². The molecule has 0 spiro atoms. The zero-order valence-electron chi connectivity index (χ0n) is 12.6. The van der Waals surface area contributed by atoms with E-state index in [1.54, 1.807) is 24.3 Å². The van der Waals surface area contributed by atoms with Crippen LogP contribution in [0.4, 0.5) is 15.8 Å². The molecule has 1 aliphatic heterocycles. The summed E-state index contributed by atoms with van der Waals surface area (Å²) < 4.78 is 14.0. The molecule has 1 saturated heterocycles. The predicted octanol–water partition coefficient (Wildman–Crippen LogP) is 4.40. The lowest BCUT2D eigenvalue weighted by molar-refractivity contribution is 0.582. The van der Waals surface area contributed by atoms with E-state index in [4.69, 9.17) is 18.2 Å². The summed E-state index contributed by atoms with van der Waals surface area (Å²) in [6.45, 7) is 9.39. The van der Waals surface area contributed by atoms with Gasteiger partial charge in [-0.15, -0.1) is 0 Å². The first-order valence-electron chi connectivity index (χ1n) is 7.57. The first-order chi connectivity index (χ1) is 11.2. The third-order valence-corrected chi connectivity index (χ3v) is 4.46. The molecule has 2 aromatic rings. The number of anilines is 1. The molecule has 23 heavy (non-hydrogen) atoms. The van der Waals surface area contributed by atoms with Crippen molar-refractivity contribution >= 4 is 23.0 Å². The molecule has 118 valence electrons. The fourth-order valence-corrected chi connectivity index (χ4v) is 3.13. The number of hydrogen-bond donors (Lipinski definition) is 1. The summed E-state index contributed by atoms with van der Waals surface area (Å²) in [6, 6.07) is 12.5. The second kappa shape index (κ2) is 6.99. The van der Waals surface area contributed by atoms with Crippen molar-refractivity contribution in [2.24, 2.45) is 0 Å². The second-order valence-electron chi connectivity index (χ2n) is 5.61. The molecular weight excluding hydrogens is 313 g/mol. The van der Waals surface area contributed by atoms with Gasteiger partial charge in [0.2, 0.25) is 5.69 Å². The molecule has 3 nitrogen and oxygen atoms in total. The van der Waals surface area contributed by atoms with Crippen molar-refractivity contribution in [3.05, 3.63) is 70.3 Å². The van der Waals surface area contributed by atoms with Gasteiger partial charge >= 0.3 is 0 Å². The second-order valence-corrected chi connectivity index (χ2v) is 6.02. The number of benzene rings is 2. The molecule has 1 fully saturated rings. The summed E-state index contributed by atoms with van der Waals surface area (Å²) >= 11 is 6.18. The Morgan fingerprint density at radius 3 is 2.78 bits per heavy atom. The topological polar surface area (TPSA) is 19.6 Å². The Balaban J connectivity index is 1.94. The maximum Gasteiger partial charge on any atom is 0.205 e. The van der Waals surface area contributed by atoms with E-state index in [2.05, 4.69) is 15.1 Å². The first kappa shape index (κ1) is 15.8. The highest BCUT2D eigenvalue weighted by atomic mass is 35.5. The van der Waals surface area contributed by atoms with Crippen molar-refractivity contribution in [3.8, 4) is 0 Å². The zero-order valence-corrected chi connectivity index (χ0v) is 13.4. The number of rotatable bonds is 4. The Morgan fingerprint density at radius 2 is 2.13 bits per heavy atom. The van der Waals surface area contributed by atoms with Crippen LogP contribution in [0.15, 0.2) is 42.5 Å². The third-order valence-electron chi connectivity index (χ3n) is 4.16. The summed E-state index contributed by atoms with van der Waals surface area (Å²) in [6.07, 6.45) is 0.997. The van der Waals surface area contributed by atoms with Crippen molar-refractivity contribution in [2.75, 3.05) is 18.0 Å². The van der Waals surface area contributed by atoms with Gasteiger partial charge in [-0.25, -0.2) is 9.24 Å². The molecule has 0 unspecified atom stereocenters. The molecule has 0 saturated carbocycles. The summed E-state index contributed by atoms with van der Waals surface area (Å²) in [5.41, 5.74) is 2.01. The van der Waals surface area contributed by atoms with Gasteiger partial charge in [0.15, 0.2) is 0 Å². The summed E-state index contributed by atoms with van der Waals surface area (Å²) in [7, 11) is 0. The van der Waals surface area contributed by atoms with Crippen LogP contribution in [0.2, 0.25) is 5.02 Å². The van der Waals surface area contributed by atoms with E-state index in [1.807, 2.05) is 12.1 Å². The minimum absolute atomic E-state index is 0.202. The van der Waals surface area contributed by atoms with Crippen LogP contribution in [0.1, 0.15) is 12.0 Å². The van der Waals surface area contributed by atoms with Crippen LogP contribution < -0.4 is 10.2 Å². The molecule has 0 radical (unpaired) electrons. The highest BCUT2D eigenvalue weighted by molar-refractivity contribution is 6.33. The van der Waals surface area contributed by atoms with Crippen molar-refractivity contribution in [3.63, 3.8) is 0 Å². The average molecular weight is 330 g/mol. The zero-order chi connectivity index (χ0) is 16.2. The van der Waals surface area contributed by atoms with Gasteiger partial charge in [0, 0.05) is 35.4 Å². The van der Waals surface area contributed by atoms with Crippen LogP contribution >= 0.6 is 11.6 Å². The third kappa shape index (κ3) is 3.47. The van der Waals surface area contributed by atoms with E-state index in [0.717, 1.165) is 25.2 Å². The number of nitrogens with one attached hydrogen (secondary N) is 1. The van der Waals surface area contributed by atoms with Crippen LogP contribution in [0.5, 0.6) is 0 Å². The van der Waals surface area contributed by atoms with E-state index < -0.39 is 0 Å². The molecular formula is C18H17ClFN3. The van der Waals surface area contributed by atoms with E-state index in [1.165, 1.54) is 6.07 Å². The van der Waals surface area contributed by atoms with Crippen molar-refractivity contribution in [1.29, 1.82) is 0 Å². The van der Waals surface area contributed by atoms with E-state index in [0.29, 0.717) is 22.8 Å². The number of nitrogens with zero attached hydrogens (tertiary/aromatic N) is 2. The largest absolute Gasteiger partial charge is 0.363 e. The van der Waals surface area contributed by atoms with E-state index in [9.17, 15) is 4.39 Å². The molecule has 1 aliphatic rings. The van der Waals surface area contributed by atoms with Crippen molar-refractivity contribution in [2.45, 2.75) is 19.0 Å².